The van der Waals surface area contributed by atoms with Gasteiger partial charge in [-0.3, -0.25) is 0 Å². The maximum absolute atomic E-state index is 3.59. The van der Waals surface area contributed by atoms with E-state index in [1.165, 1.54) is 58.3 Å². The lowest BCUT2D eigenvalue weighted by atomic mass is 10.0. The Labute approximate surface area is 95.2 Å². The molecule has 15 heavy (non-hydrogen) atoms. The van der Waals surface area contributed by atoms with Crippen LogP contribution in [0.3, 0.4) is 0 Å². The summed E-state index contributed by atoms with van der Waals surface area (Å²) in [6.07, 6.45) is 6.79. The van der Waals surface area contributed by atoms with Crippen molar-refractivity contribution < 1.29 is 0 Å². The Morgan fingerprint density at radius 3 is 2.73 bits per heavy atom. The van der Waals surface area contributed by atoms with Crippen molar-refractivity contribution in [3.63, 3.8) is 0 Å². The summed E-state index contributed by atoms with van der Waals surface area (Å²) < 4.78 is 0. The molecule has 0 bridgehead atoms. The van der Waals surface area contributed by atoms with Crippen molar-refractivity contribution in [2.75, 3.05) is 26.2 Å². The lowest BCUT2D eigenvalue weighted by Gasteiger charge is -2.14. The predicted molar refractivity (Wildman–Crippen MR) is 67.2 cm³/mol. The molecule has 0 spiro atoms. The smallest absolute Gasteiger partial charge is 0.00200 e. The fraction of sp³-hybridized carbons (Fsp3) is 1.00. The highest BCUT2D eigenvalue weighted by Crippen LogP contribution is 2.13. The molecule has 0 aliphatic carbocycles. The van der Waals surface area contributed by atoms with Gasteiger partial charge in [0.1, 0.15) is 0 Å². The topological polar surface area (TPSA) is 24.1 Å². The van der Waals surface area contributed by atoms with E-state index in [1.54, 1.807) is 0 Å². The second-order valence-electron chi connectivity index (χ2n) is 4.89. The summed E-state index contributed by atoms with van der Waals surface area (Å²) in [6.45, 7) is 9.52. The molecular formula is C13H28N2. The maximum Gasteiger partial charge on any atom is -0.00200 e. The monoisotopic (exact) mass is 212 g/mol. The predicted octanol–water partition coefficient (Wildman–Crippen LogP) is 2.40. The van der Waals surface area contributed by atoms with E-state index in [0.717, 1.165) is 11.8 Å². The van der Waals surface area contributed by atoms with Gasteiger partial charge in [-0.15, -0.1) is 0 Å². The Bertz CT molecular complexity index is 133. The van der Waals surface area contributed by atoms with Gasteiger partial charge in [0.15, 0.2) is 0 Å². The van der Waals surface area contributed by atoms with E-state index in [2.05, 4.69) is 24.5 Å². The van der Waals surface area contributed by atoms with E-state index in [-0.39, 0.29) is 0 Å². The van der Waals surface area contributed by atoms with Crippen molar-refractivity contribution in [2.24, 2.45) is 11.8 Å². The summed E-state index contributed by atoms with van der Waals surface area (Å²) in [5, 5.41) is 7.02. The van der Waals surface area contributed by atoms with Gasteiger partial charge < -0.3 is 10.6 Å². The summed E-state index contributed by atoms with van der Waals surface area (Å²) in [5.41, 5.74) is 0. The molecule has 1 unspecified atom stereocenters. The van der Waals surface area contributed by atoms with Crippen LogP contribution in [0.15, 0.2) is 0 Å². The average Bonchev–Trinajstić information content (AvgIpc) is 2.76. The molecule has 0 aromatic carbocycles. The Morgan fingerprint density at radius 2 is 2.13 bits per heavy atom. The van der Waals surface area contributed by atoms with Crippen LogP contribution >= 0.6 is 0 Å². The Kier molecular flexibility index (Phi) is 7.03. The molecule has 2 nitrogen and oxygen atoms in total. The fourth-order valence-electron chi connectivity index (χ4n) is 2.36. The van der Waals surface area contributed by atoms with E-state index in [0.29, 0.717) is 0 Å². The van der Waals surface area contributed by atoms with Crippen molar-refractivity contribution in [1.82, 2.24) is 10.6 Å². The molecule has 2 N–H and O–H groups in total. The van der Waals surface area contributed by atoms with Crippen molar-refractivity contribution in [2.45, 2.75) is 46.0 Å². The number of rotatable bonds is 8. The molecule has 0 amide bonds. The van der Waals surface area contributed by atoms with Gasteiger partial charge >= 0.3 is 0 Å². The largest absolute Gasteiger partial charge is 0.316 e. The SMILES string of the molecule is CCC(CC)CNCCCC1CCNC1. The Morgan fingerprint density at radius 1 is 1.33 bits per heavy atom. The summed E-state index contributed by atoms with van der Waals surface area (Å²) in [7, 11) is 0. The van der Waals surface area contributed by atoms with Gasteiger partial charge in [0.2, 0.25) is 0 Å². The average molecular weight is 212 g/mol. The van der Waals surface area contributed by atoms with Crippen LogP contribution in [-0.4, -0.2) is 26.2 Å². The molecule has 1 saturated heterocycles. The van der Waals surface area contributed by atoms with Crippen LogP contribution in [0.25, 0.3) is 0 Å². The molecule has 1 heterocycles. The summed E-state index contributed by atoms with van der Waals surface area (Å²) in [5.74, 6) is 1.85. The Balaban J connectivity index is 1.87. The molecule has 1 fully saturated rings. The second-order valence-corrected chi connectivity index (χ2v) is 4.89. The lowest BCUT2D eigenvalue weighted by Crippen LogP contribution is -2.23. The highest BCUT2D eigenvalue weighted by atomic mass is 14.9. The van der Waals surface area contributed by atoms with Crippen LogP contribution in [0.1, 0.15) is 46.0 Å². The van der Waals surface area contributed by atoms with Gasteiger partial charge in [-0.2, -0.15) is 0 Å². The third-order valence-electron chi connectivity index (χ3n) is 3.72. The first-order valence-corrected chi connectivity index (χ1v) is 6.78. The Hall–Kier alpha value is -0.0800. The van der Waals surface area contributed by atoms with E-state index in [1.807, 2.05) is 0 Å². The molecule has 1 aliphatic heterocycles. The highest BCUT2D eigenvalue weighted by molar-refractivity contribution is 4.71. The molecule has 1 atom stereocenters. The quantitative estimate of drug-likeness (QED) is 0.604. The molecule has 90 valence electrons. The van der Waals surface area contributed by atoms with Gasteiger partial charge in [0.05, 0.1) is 0 Å². The molecule has 0 radical (unpaired) electrons. The molecule has 1 aliphatic rings. The van der Waals surface area contributed by atoms with Crippen LogP contribution < -0.4 is 10.6 Å². The minimum atomic E-state index is 0.887. The number of hydrogen-bond donors (Lipinski definition) is 2. The van der Waals surface area contributed by atoms with E-state index in [4.69, 9.17) is 0 Å². The molecule has 0 aromatic rings. The second kappa shape index (κ2) is 8.12. The third-order valence-corrected chi connectivity index (χ3v) is 3.72. The van der Waals surface area contributed by atoms with Gasteiger partial charge in [-0.05, 0) is 57.3 Å². The maximum atomic E-state index is 3.59. The van der Waals surface area contributed by atoms with E-state index in [9.17, 15) is 0 Å². The van der Waals surface area contributed by atoms with Gasteiger partial charge in [0.25, 0.3) is 0 Å². The summed E-state index contributed by atoms with van der Waals surface area (Å²) >= 11 is 0. The first-order valence-electron chi connectivity index (χ1n) is 6.78. The third kappa shape index (κ3) is 5.53. The number of nitrogens with one attached hydrogen (secondary N) is 2. The van der Waals surface area contributed by atoms with E-state index >= 15 is 0 Å². The van der Waals surface area contributed by atoms with Gasteiger partial charge in [-0.1, -0.05) is 26.7 Å². The van der Waals surface area contributed by atoms with Crippen LogP contribution in [-0.2, 0) is 0 Å². The zero-order valence-electron chi connectivity index (χ0n) is 10.5. The first kappa shape index (κ1) is 13.0. The highest BCUT2D eigenvalue weighted by Gasteiger charge is 2.13. The van der Waals surface area contributed by atoms with E-state index < -0.39 is 0 Å². The van der Waals surface area contributed by atoms with Crippen LogP contribution in [0.2, 0.25) is 0 Å². The van der Waals surface area contributed by atoms with Crippen LogP contribution in [0, 0.1) is 11.8 Å². The molecule has 0 saturated carbocycles. The summed E-state index contributed by atoms with van der Waals surface area (Å²) in [4.78, 5) is 0. The summed E-state index contributed by atoms with van der Waals surface area (Å²) in [6, 6.07) is 0. The minimum absolute atomic E-state index is 0.887. The standard InChI is InChI=1S/C13H28N2/c1-3-12(4-2)10-14-8-5-6-13-7-9-15-11-13/h12-15H,3-11H2,1-2H3. The minimum Gasteiger partial charge on any atom is -0.316 e. The van der Waals surface area contributed by atoms with Gasteiger partial charge in [0, 0.05) is 0 Å². The zero-order valence-corrected chi connectivity index (χ0v) is 10.5. The molecule has 0 aromatic heterocycles. The van der Waals surface area contributed by atoms with Crippen molar-refractivity contribution >= 4 is 0 Å². The lowest BCUT2D eigenvalue weighted by molar-refractivity contribution is 0.431. The fourth-order valence-corrected chi connectivity index (χ4v) is 2.36. The van der Waals surface area contributed by atoms with Crippen molar-refractivity contribution in [3.05, 3.63) is 0 Å². The van der Waals surface area contributed by atoms with Crippen molar-refractivity contribution in [1.29, 1.82) is 0 Å². The molecule has 2 heteroatoms. The van der Waals surface area contributed by atoms with Crippen molar-refractivity contribution in [3.8, 4) is 0 Å². The van der Waals surface area contributed by atoms with Crippen LogP contribution in [0.4, 0.5) is 0 Å². The van der Waals surface area contributed by atoms with Crippen LogP contribution in [0.5, 0.6) is 0 Å². The van der Waals surface area contributed by atoms with Gasteiger partial charge in [-0.25, -0.2) is 0 Å². The molecular weight excluding hydrogens is 184 g/mol. The zero-order chi connectivity index (χ0) is 10.9. The normalized spacial score (nSPS) is 21.4. The molecule has 1 rings (SSSR count). The number of hydrogen-bond acceptors (Lipinski definition) is 2. The first-order chi connectivity index (χ1) is 7.36.